The van der Waals surface area contributed by atoms with Crippen LogP contribution < -0.4 is 4.90 Å². The Morgan fingerprint density at radius 1 is 0.265 bits per heavy atom. The van der Waals surface area contributed by atoms with Crippen molar-refractivity contribution in [3.05, 3.63) is 200 Å². The first-order valence-electron chi connectivity index (χ1n) is 16.8. The largest absolute Gasteiger partial charge is 0.310 e. The summed E-state index contributed by atoms with van der Waals surface area (Å²) in [6, 6.07) is 72.4. The summed E-state index contributed by atoms with van der Waals surface area (Å²) >= 11 is 0. The summed E-state index contributed by atoms with van der Waals surface area (Å²) in [6.07, 6.45) is 0. The average Bonchev–Trinajstić information content (AvgIpc) is 3.18. The molecule has 1 nitrogen and oxygen atoms in total. The molecule has 9 aromatic carbocycles. The van der Waals surface area contributed by atoms with Gasteiger partial charge in [-0.2, -0.15) is 0 Å². The standard InChI is InChI=1S/C48H33N/c1-2-12-37(13-3-1)47-33-40(32-39-16-6-8-20-45(39)47)34-24-28-41(29-25-34)49(48-23-11-18-36-15-5-9-21-46(36)48)42-30-26-38(27-31-42)44-22-10-17-35-14-4-7-19-43(35)44/h1-33H. The SMILES string of the molecule is c1ccc(-c2cc(-c3ccc(N(c4ccc(-c5cccc6ccccc56)cc4)c4cccc5ccccc45)cc3)cc3ccccc23)cc1. The van der Waals surface area contributed by atoms with E-state index in [4.69, 9.17) is 0 Å². The Hall–Kier alpha value is -6.44. The van der Waals surface area contributed by atoms with E-state index in [-0.39, 0.29) is 0 Å². The topological polar surface area (TPSA) is 3.24 Å². The Morgan fingerprint density at radius 2 is 0.755 bits per heavy atom. The van der Waals surface area contributed by atoms with Crippen LogP contribution in [-0.2, 0) is 0 Å². The maximum Gasteiger partial charge on any atom is 0.0540 e. The summed E-state index contributed by atoms with van der Waals surface area (Å²) in [4.78, 5) is 2.38. The first kappa shape index (κ1) is 28.8. The molecule has 0 saturated heterocycles. The molecule has 0 aliphatic carbocycles. The Bertz CT molecular complexity index is 2570. The van der Waals surface area contributed by atoms with E-state index in [2.05, 4.69) is 205 Å². The minimum Gasteiger partial charge on any atom is -0.310 e. The third-order valence-corrected chi connectivity index (χ3v) is 9.64. The normalized spacial score (nSPS) is 11.3. The van der Waals surface area contributed by atoms with Crippen LogP contribution in [0.2, 0.25) is 0 Å². The van der Waals surface area contributed by atoms with E-state index >= 15 is 0 Å². The van der Waals surface area contributed by atoms with Crippen LogP contribution in [0.1, 0.15) is 0 Å². The second kappa shape index (κ2) is 12.3. The van der Waals surface area contributed by atoms with E-state index in [0.717, 1.165) is 17.1 Å². The van der Waals surface area contributed by atoms with Crippen LogP contribution in [0.25, 0.3) is 65.7 Å². The molecule has 0 aliphatic heterocycles. The first-order chi connectivity index (χ1) is 24.3. The van der Waals surface area contributed by atoms with Crippen LogP contribution in [0.3, 0.4) is 0 Å². The van der Waals surface area contributed by atoms with Gasteiger partial charge in [0.15, 0.2) is 0 Å². The highest BCUT2D eigenvalue weighted by Gasteiger charge is 2.17. The molecule has 0 fully saturated rings. The monoisotopic (exact) mass is 623 g/mol. The van der Waals surface area contributed by atoms with Gasteiger partial charge in [0.25, 0.3) is 0 Å². The fourth-order valence-electron chi connectivity index (χ4n) is 7.23. The molecule has 1 heteroatoms. The van der Waals surface area contributed by atoms with Crippen molar-refractivity contribution in [3.63, 3.8) is 0 Å². The molecule has 0 N–H and O–H groups in total. The van der Waals surface area contributed by atoms with Gasteiger partial charge in [0.05, 0.1) is 5.69 Å². The van der Waals surface area contributed by atoms with Gasteiger partial charge in [0.2, 0.25) is 0 Å². The molecule has 0 heterocycles. The van der Waals surface area contributed by atoms with Gasteiger partial charge in [-0.25, -0.2) is 0 Å². The molecule has 0 bridgehead atoms. The van der Waals surface area contributed by atoms with E-state index in [0.29, 0.717) is 0 Å². The van der Waals surface area contributed by atoms with E-state index in [1.165, 1.54) is 65.7 Å². The van der Waals surface area contributed by atoms with Crippen LogP contribution in [0, 0.1) is 0 Å². The van der Waals surface area contributed by atoms with Crippen molar-refractivity contribution in [3.8, 4) is 33.4 Å². The highest BCUT2D eigenvalue weighted by Crippen LogP contribution is 2.41. The number of nitrogens with zero attached hydrogens (tertiary/aromatic N) is 1. The molecule has 0 saturated carbocycles. The molecule has 9 rings (SSSR count). The highest BCUT2D eigenvalue weighted by molar-refractivity contribution is 6.02. The molecule has 230 valence electrons. The minimum absolute atomic E-state index is 1.11. The van der Waals surface area contributed by atoms with Gasteiger partial charge in [0, 0.05) is 16.8 Å². The molecule has 0 amide bonds. The number of fused-ring (bicyclic) bond motifs is 3. The van der Waals surface area contributed by atoms with Crippen molar-refractivity contribution < 1.29 is 0 Å². The number of hydrogen-bond donors (Lipinski definition) is 0. The lowest BCUT2D eigenvalue weighted by molar-refractivity contribution is 1.30. The summed E-state index contributed by atoms with van der Waals surface area (Å²) in [5, 5.41) is 7.47. The zero-order valence-corrected chi connectivity index (χ0v) is 27.0. The highest BCUT2D eigenvalue weighted by atomic mass is 15.1. The summed E-state index contributed by atoms with van der Waals surface area (Å²) in [7, 11) is 0. The van der Waals surface area contributed by atoms with Crippen LogP contribution in [0.15, 0.2) is 200 Å². The summed E-state index contributed by atoms with van der Waals surface area (Å²) in [5.74, 6) is 0. The second-order valence-electron chi connectivity index (χ2n) is 12.6. The zero-order chi connectivity index (χ0) is 32.6. The van der Waals surface area contributed by atoms with Gasteiger partial charge >= 0.3 is 0 Å². The molecule has 0 spiro atoms. The molecule has 9 aromatic rings. The van der Waals surface area contributed by atoms with Crippen LogP contribution >= 0.6 is 0 Å². The van der Waals surface area contributed by atoms with Gasteiger partial charge in [-0.1, -0.05) is 158 Å². The van der Waals surface area contributed by atoms with Crippen molar-refractivity contribution in [2.75, 3.05) is 4.90 Å². The third kappa shape index (κ3) is 5.32. The van der Waals surface area contributed by atoms with Gasteiger partial charge in [-0.05, 0) is 103 Å². The Kier molecular flexibility index (Phi) is 7.22. The molecule has 0 atom stereocenters. The lowest BCUT2D eigenvalue weighted by Crippen LogP contribution is -2.10. The summed E-state index contributed by atoms with van der Waals surface area (Å²) in [5.41, 5.74) is 10.7. The molecule has 0 aromatic heterocycles. The maximum absolute atomic E-state index is 2.38. The number of anilines is 3. The zero-order valence-electron chi connectivity index (χ0n) is 27.0. The van der Waals surface area contributed by atoms with Crippen molar-refractivity contribution >= 4 is 49.4 Å². The fraction of sp³-hybridized carbons (Fsp3) is 0. The number of rotatable bonds is 6. The first-order valence-corrected chi connectivity index (χ1v) is 16.8. The van der Waals surface area contributed by atoms with Crippen molar-refractivity contribution in [1.29, 1.82) is 0 Å². The molecule has 0 radical (unpaired) electrons. The molecule has 49 heavy (non-hydrogen) atoms. The van der Waals surface area contributed by atoms with E-state index in [1.807, 2.05) is 0 Å². The predicted molar refractivity (Wildman–Crippen MR) is 210 cm³/mol. The average molecular weight is 624 g/mol. The molecule has 0 aliphatic rings. The van der Waals surface area contributed by atoms with Crippen molar-refractivity contribution in [2.24, 2.45) is 0 Å². The smallest absolute Gasteiger partial charge is 0.0540 e. The Labute approximate surface area is 287 Å². The van der Waals surface area contributed by atoms with Gasteiger partial charge < -0.3 is 4.90 Å². The van der Waals surface area contributed by atoms with E-state index in [9.17, 15) is 0 Å². The van der Waals surface area contributed by atoms with Gasteiger partial charge in [0.1, 0.15) is 0 Å². The molecular formula is C48H33N. The summed E-state index contributed by atoms with van der Waals surface area (Å²) in [6.45, 7) is 0. The van der Waals surface area contributed by atoms with E-state index in [1.54, 1.807) is 0 Å². The quantitative estimate of drug-likeness (QED) is 0.178. The van der Waals surface area contributed by atoms with Gasteiger partial charge in [-0.15, -0.1) is 0 Å². The van der Waals surface area contributed by atoms with E-state index < -0.39 is 0 Å². The lowest BCUT2D eigenvalue weighted by Gasteiger charge is -2.27. The van der Waals surface area contributed by atoms with Crippen LogP contribution in [0.5, 0.6) is 0 Å². The fourth-order valence-corrected chi connectivity index (χ4v) is 7.23. The van der Waals surface area contributed by atoms with Crippen LogP contribution in [0.4, 0.5) is 17.1 Å². The van der Waals surface area contributed by atoms with Crippen molar-refractivity contribution in [1.82, 2.24) is 0 Å². The number of benzene rings is 9. The lowest BCUT2D eigenvalue weighted by atomic mass is 9.93. The van der Waals surface area contributed by atoms with Crippen LogP contribution in [-0.4, -0.2) is 0 Å². The Balaban J connectivity index is 1.15. The van der Waals surface area contributed by atoms with Crippen molar-refractivity contribution in [2.45, 2.75) is 0 Å². The maximum atomic E-state index is 2.38. The Morgan fingerprint density at radius 3 is 1.45 bits per heavy atom. The third-order valence-electron chi connectivity index (χ3n) is 9.64. The second-order valence-corrected chi connectivity index (χ2v) is 12.6. The molecule has 0 unspecified atom stereocenters. The molecular weight excluding hydrogens is 591 g/mol. The number of hydrogen-bond acceptors (Lipinski definition) is 1. The minimum atomic E-state index is 1.11. The predicted octanol–water partition coefficient (Wildman–Crippen LogP) is 13.6. The summed E-state index contributed by atoms with van der Waals surface area (Å²) < 4.78 is 0. The van der Waals surface area contributed by atoms with Gasteiger partial charge in [-0.3, -0.25) is 0 Å².